The number of carbonyl (C=O) groups is 1. The Morgan fingerprint density at radius 1 is 1.12 bits per heavy atom. The molecule has 0 saturated carbocycles. The number of fused-ring (bicyclic) bond motifs is 1. The number of nitrogens with zero attached hydrogens (tertiary/aromatic N) is 3. The first-order valence-corrected chi connectivity index (χ1v) is 12.0. The number of benzene rings is 2. The summed E-state index contributed by atoms with van der Waals surface area (Å²) in [4.78, 5) is 17.8. The van der Waals surface area contributed by atoms with E-state index in [0.29, 0.717) is 24.9 Å². The van der Waals surface area contributed by atoms with Gasteiger partial charge in [0, 0.05) is 17.7 Å². The number of carbonyl (C=O) groups excluding carboxylic acids is 1. The minimum atomic E-state index is -0.275. The van der Waals surface area contributed by atoms with Gasteiger partial charge < -0.3 is 10.1 Å². The summed E-state index contributed by atoms with van der Waals surface area (Å²) < 4.78 is 7.82. The monoisotopic (exact) mass is 446 g/mol. The lowest BCUT2D eigenvalue weighted by Crippen LogP contribution is -2.33. The molecule has 7 heteroatoms. The Kier molecular flexibility index (Phi) is 5.74. The summed E-state index contributed by atoms with van der Waals surface area (Å²) in [5.41, 5.74) is 3.93. The molecule has 0 radical (unpaired) electrons. The summed E-state index contributed by atoms with van der Waals surface area (Å²) in [6.45, 7) is 4.72. The van der Waals surface area contributed by atoms with Gasteiger partial charge in [-0.15, -0.1) is 5.10 Å². The van der Waals surface area contributed by atoms with Crippen LogP contribution in [-0.2, 0) is 11.4 Å². The third-order valence-electron chi connectivity index (χ3n) is 5.82. The van der Waals surface area contributed by atoms with E-state index in [1.807, 2.05) is 59.3 Å². The number of rotatable bonds is 6. The van der Waals surface area contributed by atoms with E-state index in [4.69, 9.17) is 9.84 Å². The van der Waals surface area contributed by atoms with E-state index in [2.05, 4.69) is 24.1 Å². The number of anilines is 1. The van der Waals surface area contributed by atoms with E-state index < -0.39 is 0 Å². The van der Waals surface area contributed by atoms with E-state index in [-0.39, 0.29) is 11.8 Å². The molecule has 0 saturated heterocycles. The van der Waals surface area contributed by atoms with Crippen LogP contribution in [0.4, 0.5) is 5.95 Å². The van der Waals surface area contributed by atoms with Crippen LogP contribution in [0.5, 0.6) is 5.75 Å². The van der Waals surface area contributed by atoms with Gasteiger partial charge >= 0.3 is 0 Å². The average molecular weight is 447 g/mol. The van der Waals surface area contributed by atoms with Gasteiger partial charge in [-0.3, -0.25) is 4.79 Å². The van der Waals surface area contributed by atoms with Crippen molar-refractivity contribution < 1.29 is 9.53 Å². The Hall–Kier alpha value is -3.06. The molecular formula is C25H26N4O2S. The predicted molar refractivity (Wildman–Crippen MR) is 126 cm³/mol. The zero-order valence-electron chi connectivity index (χ0n) is 18.2. The van der Waals surface area contributed by atoms with Gasteiger partial charge in [-0.1, -0.05) is 68.1 Å². The Balaban J connectivity index is 1.46. The number of thioether (sulfide) groups is 1. The van der Waals surface area contributed by atoms with Crippen molar-refractivity contribution in [2.45, 2.75) is 44.5 Å². The number of ketones is 1. The van der Waals surface area contributed by atoms with Crippen LogP contribution in [0.3, 0.4) is 0 Å². The van der Waals surface area contributed by atoms with Crippen LogP contribution in [0.2, 0.25) is 0 Å². The third kappa shape index (κ3) is 4.05. The summed E-state index contributed by atoms with van der Waals surface area (Å²) in [7, 11) is 0. The van der Waals surface area contributed by atoms with E-state index >= 15 is 0 Å². The van der Waals surface area contributed by atoms with E-state index in [1.165, 1.54) is 0 Å². The second-order valence-electron chi connectivity index (χ2n) is 8.30. The van der Waals surface area contributed by atoms with E-state index in [1.54, 1.807) is 11.8 Å². The van der Waals surface area contributed by atoms with E-state index in [9.17, 15) is 4.79 Å². The fourth-order valence-corrected chi connectivity index (χ4v) is 4.93. The number of hydrogen-bond acceptors (Lipinski definition) is 6. The zero-order chi connectivity index (χ0) is 22.1. The van der Waals surface area contributed by atoms with Crippen molar-refractivity contribution in [3.63, 3.8) is 0 Å². The van der Waals surface area contributed by atoms with Gasteiger partial charge in [0.25, 0.3) is 0 Å². The van der Waals surface area contributed by atoms with Gasteiger partial charge in [-0.25, -0.2) is 4.68 Å². The molecule has 3 aromatic rings. The molecule has 6 nitrogen and oxygen atoms in total. The van der Waals surface area contributed by atoms with Crippen LogP contribution >= 0.6 is 11.8 Å². The third-order valence-corrected chi connectivity index (χ3v) is 6.54. The van der Waals surface area contributed by atoms with Crippen molar-refractivity contribution in [2.24, 2.45) is 5.92 Å². The van der Waals surface area contributed by atoms with Gasteiger partial charge in [0.2, 0.25) is 11.1 Å². The highest BCUT2D eigenvalue weighted by Crippen LogP contribution is 2.42. The maximum absolute atomic E-state index is 13.1. The average Bonchev–Trinajstić information content (AvgIpc) is 3.19. The van der Waals surface area contributed by atoms with Crippen LogP contribution in [0, 0.1) is 5.92 Å². The molecule has 1 N–H and O–H groups in total. The fourth-order valence-electron chi connectivity index (χ4n) is 4.37. The number of allylic oxidation sites excluding steroid dienone is 2. The molecule has 164 valence electrons. The minimum Gasteiger partial charge on any atom is -0.489 e. The molecule has 0 fully saturated rings. The number of Topliss-reactive ketones (excluding diaryl/α,β-unsaturated/α-hetero) is 1. The Morgan fingerprint density at radius 3 is 2.66 bits per heavy atom. The van der Waals surface area contributed by atoms with E-state index in [0.717, 1.165) is 45.5 Å². The molecule has 1 aromatic heterocycles. The topological polar surface area (TPSA) is 69.0 Å². The number of nitrogens with one attached hydrogen (secondary N) is 1. The predicted octanol–water partition coefficient (Wildman–Crippen LogP) is 5.24. The Bertz CT molecular complexity index is 1150. The first-order chi connectivity index (χ1) is 15.6. The molecule has 2 heterocycles. The normalized spacial score (nSPS) is 19.9. The molecule has 1 aliphatic heterocycles. The highest BCUT2D eigenvalue weighted by atomic mass is 32.2. The Labute approximate surface area is 192 Å². The first kappa shape index (κ1) is 20.8. The SMILES string of the molecule is CCSc1nc2n(n1)[C@@H](c1ccc(OCc3ccccc3)cc1)C1=C(C[C@H](C)CC1=O)N2. The van der Waals surface area contributed by atoms with Crippen molar-refractivity contribution in [3.8, 4) is 5.75 Å². The standard InChI is InChI=1S/C25H26N4O2S/c1-3-32-25-27-24-26-20-13-16(2)14-21(30)22(20)23(29(24)28-25)18-9-11-19(12-10-18)31-15-17-7-5-4-6-8-17/h4-12,16,23H,3,13-15H2,1-2H3,(H,26,27,28)/t16-,23-/m0/s1. The molecule has 0 unspecified atom stereocenters. The molecule has 2 aromatic carbocycles. The van der Waals surface area contributed by atoms with Gasteiger partial charge in [0.1, 0.15) is 18.4 Å². The van der Waals surface area contributed by atoms with Crippen LogP contribution < -0.4 is 10.1 Å². The van der Waals surface area contributed by atoms with Crippen molar-refractivity contribution in [3.05, 3.63) is 77.0 Å². The van der Waals surface area contributed by atoms with Gasteiger partial charge in [-0.05, 0) is 41.4 Å². The second kappa shape index (κ2) is 8.82. The minimum absolute atomic E-state index is 0.187. The van der Waals surface area contributed by atoms with Gasteiger partial charge in [-0.2, -0.15) is 4.98 Å². The maximum atomic E-state index is 13.1. The summed E-state index contributed by atoms with van der Waals surface area (Å²) in [6.07, 6.45) is 1.41. The molecule has 2 aliphatic rings. The molecule has 32 heavy (non-hydrogen) atoms. The summed E-state index contributed by atoms with van der Waals surface area (Å²) in [5, 5.41) is 8.85. The zero-order valence-corrected chi connectivity index (χ0v) is 19.1. The fraction of sp³-hybridized carbons (Fsp3) is 0.320. The second-order valence-corrected chi connectivity index (χ2v) is 9.53. The highest BCUT2D eigenvalue weighted by Gasteiger charge is 2.38. The Morgan fingerprint density at radius 2 is 1.91 bits per heavy atom. The number of hydrogen-bond donors (Lipinski definition) is 1. The molecule has 0 amide bonds. The lowest BCUT2D eigenvalue weighted by Gasteiger charge is -2.34. The van der Waals surface area contributed by atoms with Crippen LogP contribution in [0.1, 0.15) is 43.9 Å². The van der Waals surface area contributed by atoms with Crippen LogP contribution in [0.15, 0.2) is 71.0 Å². The summed E-state index contributed by atoms with van der Waals surface area (Å²) in [5.74, 6) is 2.90. The maximum Gasteiger partial charge on any atom is 0.227 e. The number of ether oxygens (including phenoxy) is 1. The largest absolute Gasteiger partial charge is 0.489 e. The lowest BCUT2D eigenvalue weighted by molar-refractivity contribution is -0.117. The molecule has 5 rings (SSSR count). The molecule has 2 atom stereocenters. The van der Waals surface area contributed by atoms with Crippen LogP contribution in [0.25, 0.3) is 0 Å². The molecule has 0 bridgehead atoms. The summed E-state index contributed by atoms with van der Waals surface area (Å²) in [6, 6.07) is 17.8. The lowest BCUT2D eigenvalue weighted by atomic mass is 9.81. The van der Waals surface area contributed by atoms with Crippen molar-refractivity contribution >= 4 is 23.5 Å². The number of aromatic nitrogens is 3. The first-order valence-electron chi connectivity index (χ1n) is 11.0. The summed E-state index contributed by atoms with van der Waals surface area (Å²) >= 11 is 1.60. The molecule has 0 spiro atoms. The van der Waals surface area contributed by atoms with Gasteiger partial charge in [0.15, 0.2) is 5.78 Å². The quantitative estimate of drug-likeness (QED) is 0.523. The van der Waals surface area contributed by atoms with Crippen LogP contribution in [-0.4, -0.2) is 26.3 Å². The van der Waals surface area contributed by atoms with Crippen molar-refractivity contribution in [1.82, 2.24) is 14.8 Å². The van der Waals surface area contributed by atoms with Gasteiger partial charge in [0.05, 0.1) is 0 Å². The molecular weight excluding hydrogens is 420 g/mol. The highest BCUT2D eigenvalue weighted by molar-refractivity contribution is 7.99. The molecule has 1 aliphatic carbocycles. The van der Waals surface area contributed by atoms with Crippen molar-refractivity contribution in [1.29, 1.82) is 0 Å². The smallest absolute Gasteiger partial charge is 0.227 e. The van der Waals surface area contributed by atoms with Crippen molar-refractivity contribution in [2.75, 3.05) is 11.1 Å².